The molecule has 2 heterocycles. The quantitative estimate of drug-likeness (QED) is 0.223. The first-order valence-electron chi connectivity index (χ1n) is 11.7. The van der Waals surface area contributed by atoms with E-state index >= 15 is 0 Å². The molecule has 0 N–H and O–H groups in total. The van der Waals surface area contributed by atoms with Gasteiger partial charge in [0.15, 0.2) is 9.74 Å². The maximum absolute atomic E-state index is 4.53. The van der Waals surface area contributed by atoms with Crippen molar-refractivity contribution in [1.82, 2.24) is 9.36 Å². The van der Waals surface area contributed by atoms with Gasteiger partial charge < -0.3 is 9.80 Å². The molecule has 0 bridgehead atoms. The Morgan fingerprint density at radius 2 is 1.56 bits per heavy atom. The molecule has 3 aromatic carbocycles. The summed E-state index contributed by atoms with van der Waals surface area (Å²) in [4.78, 5) is 9.42. The molecule has 0 aliphatic carbocycles. The van der Waals surface area contributed by atoms with Gasteiger partial charge >= 0.3 is 0 Å². The van der Waals surface area contributed by atoms with Gasteiger partial charge in [-0.25, -0.2) is 4.98 Å². The number of hydrogen-bond donors (Lipinski definition) is 0. The first kappa shape index (κ1) is 22.8. The summed E-state index contributed by atoms with van der Waals surface area (Å²) in [6.07, 6.45) is 7.75. The molecule has 6 heteroatoms. The molecule has 0 amide bonds. The Hall–Kier alpha value is -2.96. The predicted molar refractivity (Wildman–Crippen MR) is 148 cm³/mol. The summed E-state index contributed by atoms with van der Waals surface area (Å²) in [5.74, 6) is 0.743. The average Bonchev–Trinajstić information content (AvgIpc) is 3.32. The first-order valence-corrected chi connectivity index (χ1v) is 13.3. The van der Waals surface area contributed by atoms with Crippen molar-refractivity contribution < 1.29 is 0 Å². The number of allylic oxidation sites excluding steroid dienone is 1. The number of halogens is 1. The van der Waals surface area contributed by atoms with Crippen LogP contribution < -0.4 is 9.80 Å². The molecule has 1 aliphatic rings. The molecule has 34 heavy (non-hydrogen) atoms. The van der Waals surface area contributed by atoms with Crippen molar-refractivity contribution in [1.29, 1.82) is 0 Å². The molecule has 0 saturated heterocycles. The summed E-state index contributed by atoms with van der Waals surface area (Å²) in [6.45, 7) is 4.47. The van der Waals surface area contributed by atoms with Crippen LogP contribution in [-0.2, 0) is 0 Å². The normalized spacial score (nSPS) is 13.7. The third kappa shape index (κ3) is 4.28. The molecule has 0 saturated carbocycles. The van der Waals surface area contributed by atoms with Crippen molar-refractivity contribution in [3.63, 3.8) is 0 Å². The fourth-order valence-corrected chi connectivity index (χ4v) is 5.45. The van der Waals surface area contributed by atoms with Crippen LogP contribution in [0, 0.1) is 0 Å². The van der Waals surface area contributed by atoms with Crippen LogP contribution in [0.3, 0.4) is 0 Å². The van der Waals surface area contributed by atoms with Crippen molar-refractivity contribution in [2.24, 2.45) is 0 Å². The van der Waals surface area contributed by atoms with E-state index in [1.165, 1.54) is 34.3 Å². The van der Waals surface area contributed by atoms with Crippen LogP contribution >= 0.6 is 27.5 Å². The highest BCUT2D eigenvalue weighted by Gasteiger charge is 2.32. The molecule has 4 nitrogen and oxygen atoms in total. The zero-order valence-corrected chi connectivity index (χ0v) is 21.8. The fourth-order valence-electron chi connectivity index (χ4n) is 4.63. The Labute approximate surface area is 213 Å². The van der Waals surface area contributed by atoms with E-state index in [9.17, 15) is 0 Å². The Bertz CT molecular complexity index is 1270. The highest BCUT2D eigenvalue weighted by atomic mass is 79.9. The van der Waals surface area contributed by atoms with Gasteiger partial charge in [-0.3, -0.25) is 0 Å². The number of benzene rings is 3. The minimum absolute atomic E-state index is 0.384. The van der Waals surface area contributed by atoms with Gasteiger partial charge in [-0.2, -0.15) is 4.37 Å². The van der Waals surface area contributed by atoms with E-state index in [0.717, 1.165) is 40.3 Å². The predicted octanol–water partition coefficient (Wildman–Crippen LogP) is 9.02. The number of nitrogens with zero attached hydrogens (tertiary/aromatic N) is 4. The lowest BCUT2D eigenvalue weighted by atomic mass is 10.00. The number of fused-ring (bicyclic) bond motifs is 2. The van der Waals surface area contributed by atoms with E-state index in [1.54, 1.807) is 0 Å². The molecule has 0 radical (unpaired) electrons. The van der Waals surface area contributed by atoms with E-state index in [1.807, 2.05) is 0 Å². The van der Waals surface area contributed by atoms with Crippen LogP contribution in [0.2, 0.25) is 0 Å². The van der Waals surface area contributed by atoms with Gasteiger partial charge in [0.2, 0.25) is 0 Å². The Balaban J connectivity index is 1.65. The van der Waals surface area contributed by atoms with Crippen molar-refractivity contribution in [3.8, 4) is 11.4 Å². The molecule has 1 atom stereocenters. The van der Waals surface area contributed by atoms with E-state index in [0.29, 0.717) is 6.04 Å². The van der Waals surface area contributed by atoms with Gasteiger partial charge in [-0.15, -0.1) is 0 Å². The van der Waals surface area contributed by atoms with Gasteiger partial charge in [0, 0.05) is 17.3 Å². The third-order valence-corrected chi connectivity index (χ3v) is 7.29. The summed E-state index contributed by atoms with van der Waals surface area (Å²) < 4.78 is 5.28. The average molecular weight is 532 g/mol. The van der Waals surface area contributed by atoms with Crippen LogP contribution in [0.15, 0.2) is 88.9 Å². The summed E-state index contributed by atoms with van der Waals surface area (Å²) in [7, 11) is 0. The van der Waals surface area contributed by atoms with Gasteiger partial charge in [0.05, 0.1) is 22.7 Å². The lowest BCUT2D eigenvalue weighted by molar-refractivity contribution is 0.635. The number of para-hydroxylation sites is 4. The Kier molecular flexibility index (Phi) is 6.79. The van der Waals surface area contributed by atoms with E-state index in [4.69, 9.17) is 0 Å². The number of aromatic nitrogens is 2. The summed E-state index contributed by atoms with van der Waals surface area (Å²) in [5, 5.41) is 0. The molecule has 4 aromatic rings. The second-order valence-corrected chi connectivity index (χ2v) is 10.3. The molecule has 5 rings (SSSR count). The third-order valence-electron chi connectivity index (χ3n) is 6.18. The maximum Gasteiger partial charge on any atom is 0.179 e. The largest absolute Gasteiger partial charge is 0.335 e. The Morgan fingerprint density at radius 1 is 0.882 bits per heavy atom. The molecule has 0 fully saturated rings. The molecule has 1 aromatic heterocycles. The number of anilines is 5. The van der Waals surface area contributed by atoms with Gasteiger partial charge in [0.25, 0.3) is 0 Å². The van der Waals surface area contributed by atoms with E-state index in [-0.39, 0.29) is 0 Å². The van der Waals surface area contributed by atoms with Crippen LogP contribution in [0.5, 0.6) is 0 Å². The minimum Gasteiger partial charge on any atom is -0.335 e. The second-order valence-electron chi connectivity index (χ2n) is 8.28. The lowest BCUT2D eigenvalue weighted by Crippen LogP contribution is -2.35. The first-order chi connectivity index (χ1) is 16.7. The zero-order chi connectivity index (χ0) is 23.5. The molecule has 172 valence electrons. The van der Waals surface area contributed by atoms with Crippen LogP contribution in [0.25, 0.3) is 11.4 Å². The van der Waals surface area contributed by atoms with E-state index in [2.05, 4.69) is 134 Å². The van der Waals surface area contributed by atoms with Crippen LogP contribution in [0.4, 0.5) is 28.4 Å². The SMILES string of the molecule is CC/C=C\CC(CC)N1c2ccccc2N(c2cccc(-c3nsc(Br)n3)c2)c2ccccc21. The maximum atomic E-state index is 4.53. The standard InChI is InChI=1S/C28H27BrN4S/c1-3-5-6-13-21(4-2)32-23-15-7-9-17-25(23)33(26-18-10-8-16-24(26)32)22-14-11-12-20(19-22)27-30-28(29)34-31-27/h5-12,14-19,21H,3-4,13H2,1-2H3/b6-5-. The minimum atomic E-state index is 0.384. The van der Waals surface area contributed by atoms with Crippen molar-refractivity contribution in [2.75, 3.05) is 9.80 Å². The molecular formula is C28H27BrN4S. The lowest BCUT2D eigenvalue weighted by Gasteiger charge is -2.43. The number of hydrogen-bond acceptors (Lipinski definition) is 5. The zero-order valence-electron chi connectivity index (χ0n) is 19.4. The number of rotatable bonds is 7. The smallest absolute Gasteiger partial charge is 0.179 e. The highest BCUT2D eigenvalue weighted by molar-refractivity contribution is 9.11. The van der Waals surface area contributed by atoms with E-state index < -0.39 is 0 Å². The summed E-state index contributed by atoms with van der Waals surface area (Å²) in [6, 6.07) is 26.3. The van der Waals surface area contributed by atoms with Crippen molar-refractivity contribution >= 4 is 55.9 Å². The summed E-state index contributed by atoms with van der Waals surface area (Å²) in [5.41, 5.74) is 6.94. The molecule has 1 unspecified atom stereocenters. The van der Waals surface area contributed by atoms with Crippen molar-refractivity contribution in [3.05, 3.63) is 88.9 Å². The van der Waals surface area contributed by atoms with Gasteiger partial charge in [-0.1, -0.05) is 62.4 Å². The highest BCUT2D eigenvalue weighted by Crippen LogP contribution is 2.52. The molecular weight excluding hydrogens is 504 g/mol. The van der Waals surface area contributed by atoms with Crippen molar-refractivity contribution in [2.45, 2.75) is 39.2 Å². The Morgan fingerprint density at radius 3 is 2.15 bits per heavy atom. The van der Waals surface area contributed by atoms with Crippen LogP contribution in [-0.4, -0.2) is 15.4 Å². The topological polar surface area (TPSA) is 32.3 Å². The summed E-state index contributed by atoms with van der Waals surface area (Å²) >= 11 is 4.80. The van der Waals surface area contributed by atoms with Gasteiger partial charge in [-0.05, 0) is 83.1 Å². The molecule has 1 aliphatic heterocycles. The fraction of sp³-hybridized carbons (Fsp3) is 0.214. The molecule has 0 spiro atoms. The monoisotopic (exact) mass is 530 g/mol. The van der Waals surface area contributed by atoms with Gasteiger partial charge in [0.1, 0.15) is 0 Å². The second kappa shape index (κ2) is 10.1. The van der Waals surface area contributed by atoms with Crippen LogP contribution in [0.1, 0.15) is 33.1 Å².